The smallest absolute Gasteiger partial charge is 0.422 e. The van der Waals surface area contributed by atoms with Crippen LogP contribution in [0.2, 0.25) is 5.02 Å². The molecule has 0 spiro atoms. The fourth-order valence-electron chi connectivity index (χ4n) is 4.76. The van der Waals surface area contributed by atoms with E-state index >= 15 is 0 Å². The van der Waals surface area contributed by atoms with Gasteiger partial charge in [-0.25, -0.2) is 19.4 Å². The van der Waals surface area contributed by atoms with Gasteiger partial charge in [0.05, 0.1) is 23.8 Å². The first-order chi connectivity index (χ1) is 22.2. The maximum atomic E-state index is 13.0. The van der Waals surface area contributed by atoms with Gasteiger partial charge >= 0.3 is 12.3 Å². The third-order valence-corrected chi connectivity index (χ3v) is 7.20. The van der Waals surface area contributed by atoms with Crippen LogP contribution in [-0.4, -0.2) is 88.5 Å². The van der Waals surface area contributed by atoms with Gasteiger partial charge in [-0.05, 0) is 68.7 Å². The number of hydrogen-bond donors (Lipinski definition) is 1. The van der Waals surface area contributed by atoms with Crippen molar-refractivity contribution in [1.82, 2.24) is 44.9 Å². The van der Waals surface area contributed by atoms with Gasteiger partial charge in [-0.3, -0.25) is 4.68 Å². The summed E-state index contributed by atoms with van der Waals surface area (Å²) in [7, 11) is 0. The minimum Gasteiger partial charge on any atom is -0.487 e. The van der Waals surface area contributed by atoms with Crippen molar-refractivity contribution in [2.75, 3.05) is 25.0 Å². The van der Waals surface area contributed by atoms with E-state index < -0.39 is 24.5 Å². The molecule has 252 valence electrons. The van der Waals surface area contributed by atoms with E-state index in [2.05, 4.69) is 35.9 Å². The predicted molar refractivity (Wildman–Crippen MR) is 164 cm³/mol. The van der Waals surface area contributed by atoms with Crippen molar-refractivity contribution in [1.29, 1.82) is 0 Å². The molecule has 5 rings (SSSR count). The Kier molecular flexibility index (Phi) is 10.0. The maximum Gasteiger partial charge on any atom is 0.422 e. The number of rotatable bonds is 10. The van der Waals surface area contributed by atoms with Gasteiger partial charge in [0.2, 0.25) is 5.95 Å². The van der Waals surface area contributed by atoms with Crippen LogP contribution < -0.4 is 14.8 Å². The molecule has 1 aliphatic rings. The molecule has 0 aliphatic carbocycles. The first-order valence-corrected chi connectivity index (χ1v) is 15.1. The quantitative estimate of drug-likeness (QED) is 0.220. The Morgan fingerprint density at radius 3 is 2.49 bits per heavy atom. The predicted octanol–water partition coefficient (Wildman–Crippen LogP) is 5.70. The number of carbonyl (C=O) groups excluding carboxylic acids is 1. The molecule has 4 aromatic rings. The molecule has 1 saturated heterocycles. The number of hydrogen-bond acceptors (Lipinski definition) is 11. The average Bonchev–Trinajstić information content (AvgIpc) is 3.66. The summed E-state index contributed by atoms with van der Waals surface area (Å²) in [6.07, 6.45) is 1.92. The largest absolute Gasteiger partial charge is 0.487 e. The van der Waals surface area contributed by atoms with Crippen LogP contribution in [0.1, 0.15) is 46.6 Å². The van der Waals surface area contributed by atoms with Crippen molar-refractivity contribution in [3.63, 3.8) is 0 Å². The topological polar surface area (TPSA) is 147 Å². The number of nitrogens with one attached hydrogen (secondary N) is 1. The molecule has 1 atom stereocenters. The second-order valence-corrected chi connectivity index (χ2v) is 12.4. The lowest BCUT2D eigenvalue weighted by Crippen LogP contribution is -2.42. The number of alkyl halides is 3. The number of carbonyl (C=O) groups is 1. The highest BCUT2D eigenvalue weighted by atomic mass is 35.5. The van der Waals surface area contributed by atoms with Gasteiger partial charge in [0.1, 0.15) is 29.5 Å². The van der Waals surface area contributed by atoms with Crippen LogP contribution in [0, 0.1) is 0 Å². The van der Waals surface area contributed by atoms with Gasteiger partial charge in [-0.15, -0.1) is 10.2 Å². The molecule has 18 heteroatoms. The van der Waals surface area contributed by atoms with Crippen molar-refractivity contribution in [2.45, 2.75) is 71.0 Å². The number of tetrazole rings is 1. The molecule has 1 N–H and O–H groups in total. The lowest BCUT2D eigenvalue weighted by Gasteiger charge is -2.33. The zero-order valence-corrected chi connectivity index (χ0v) is 26.9. The molecule has 14 nitrogen and oxygen atoms in total. The summed E-state index contributed by atoms with van der Waals surface area (Å²) in [4.78, 5) is 22.8. The molecule has 0 bridgehead atoms. The third-order valence-electron chi connectivity index (χ3n) is 6.89. The first kappa shape index (κ1) is 33.7. The van der Waals surface area contributed by atoms with E-state index in [9.17, 15) is 18.0 Å². The number of aromatic nitrogens is 8. The Balaban J connectivity index is 1.27. The minimum atomic E-state index is -4.57. The van der Waals surface area contributed by atoms with Crippen molar-refractivity contribution >= 4 is 29.3 Å². The lowest BCUT2D eigenvalue weighted by molar-refractivity contribution is -0.154. The molecule has 4 heterocycles. The van der Waals surface area contributed by atoms with Gasteiger partial charge in [0, 0.05) is 31.0 Å². The Bertz CT molecular complexity index is 1640. The SMILES string of the molecule is CC(Cn1cnnn1)Oc1cc(-c2cnc(Nc3cn(C4CCN(C(=O)OC(C)(C)C)CC4)nc3OCC(F)(F)F)nc2)ccc1Cl. The molecule has 1 fully saturated rings. The summed E-state index contributed by atoms with van der Waals surface area (Å²) in [6, 6.07) is 5.05. The van der Waals surface area contributed by atoms with Gasteiger partial charge in [-0.2, -0.15) is 13.2 Å². The Morgan fingerprint density at radius 2 is 1.85 bits per heavy atom. The zero-order valence-electron chi connectivity index (χ0n) is 26.1. The van der Waals surface area contributed by atoms with E-state index in [-0.39, 0.29) is 29.7 Å². The van der Waals surface area contributed by atoms with Gasteiger partial charge in [-0.1, -0.05) is 17.7 Å². The van der Waals surface area contributed by atoms with Gasteiger partial charge < -0.3 is 24.4 Å². The normalized spacial score (nSPS) is 14.9. The molecule has 1 unspecified atom stereocenters. The van der Waals surface area contributed by atoms with Crippen LogP contribution in [0.25, 0.3) is 11.1 Å². The van der Waals surface area contributed by atoms with Crippen molar-refractivity contribution in [2.24, 2.45) is 0 Å². The van der Waals surface area contributed by atoms with Crippen LogP contribution in [0.4, 0.5) is 29.6 Å². The van der Waals surface area contributed by atoms with Crippen LogP contribution in [0.5, 0.6) is 11.6 Å². The van der Waals surface area contributed by atoms with E-state index in [1.807, 2.05) is 6.92 Å². The monoisotopic (exact) mass is 678 g/mol. The van der Waals surface area contributed by atoms with Gasteiger partial charge in [0.15, 0.2) is 6.61 Å². The second kappa shape index (κ2) is 14.0. The van der Waals surface area contributed by atoms with Crippen LogP contribution in [0.15, 0.2) is 43.1 Å². The number of likely N-dealkylation sites (tertiary alicyclic amines) is 1. The van der Waals surface area contributed by atoms with Crippen molar-refractivity contribution < 1.29 is 32.2 Å². The van der Waals surface area contributed by atoms with E-state index in [0.29, 0.717) is 48.8 Å². The molecular formula is C29H34ClF3N10O4. The molecule has 1 aliphatic heterocycles. The zero-order chi connectivity index (χ0) is 33.8. The second-order valence-electron chi connectivity index (χ2n) is 12.0. The molecule has 3 aromatic heterocycles. The van der Waals surface area contributed by atoms with Crippen molar-refractivity contribution in [3.05, 3.63) is 48.1 Å². The summed E-state index contributed by atoms with van der Waals surface area (Å²) in [5.74, 6) is 0.313. The summed E-state index contributed by atoms with van der Waals surface area (Å²) in [6.45, 7) is 6.93. The number of halogens is 4. The van der Waals surface area contributed by atoms with Crippen LogP contribution >= 0.6 is 11.6 Å². The van der Waals surface area contributed by atoms with E-state index in [4.69, 9.17) is 25.8 Å². The summed E-state index contributed by atoms with van der Waals surface area (Å²) in [5, 5.41) is 18.7. The highest BCUT2D eigenvalue weighted by molar-refractivity contribution is 6.32. The maximum absolute atomic E-state index is 13.0. The summed E-state index contributed by atoms with van der Waals surface area (Å²) in [5.41, 5.74) is 0.913. The third kappa shape index (κ3) is 9.43. The van der Waals surface area contributed by atoms with Crippen LogP contribution in [-0.2, 0) is 11.3 Å². The van der Waals surface area contributed by atoms with E-state index in [1.54, 1.807) is 71.8 Å². The molecule has 0 radical (unpaired) electrons. The Labute approximate surface area is 273 Å². The van der Waals surface area contributed by atoms with Crippen molar-refractivity contribution in [3.8, 4) is 22.8 Å². The number of ether oxygens (including phenoxy) is 3. The fourth-order valence-corrected chi connectivity index (χ4v) is 4.92. The molecule has 1 amide bonds. The average molecular weight is 679 g/mol. The highest BCUT2D eigenvalue weighted by Gasteiger charge is 2.31. The van der Waals surface area contributed by atoms with E-state index in [1.165, 1.54) is 6.33 Å². The molecule has 0 saturated carbocycles. The number of anilines is 2. The molecule has 47 heavy (non-hydrogen) atoms. The fraction of sp³-hybridized carbons (Fsp3) is 0.483. The Hall–Kier alpha value is -4.67. The highest BCUT2D eigenvalue weighted by Crippen LogP contribution is 2.34. The van der Waals surface area contributed by atoms with Crippen LogP contribution in [0.3, 0.4) is 0 Å². The van der Waals surface area contributed by atoms with E-state index in [0.717, 1.165) is 5.56 Å². The number of amides is 1. The summed E-state index contributed by atoms with van der Waals surface area (Å²) >= 11 is 6.37. The standard InChI is InChI=1S/C29H34ClF3N10O4/c1-18(14-42-17-36-39-40-42)46-24-11-19(5-6-22(24)30)20-12-34-26(35-13-20)37-23-15-43(38-25(23)45-16-29(31,32)33)21-7-9-41(10-8-21)27(44)47-28(2,3)4/h5-6,11-13,15,17-18,21H,7-10,14,16H2,1-4H3,(H,34,35,37). The number of nitrogens with zero attached hydrogens (tertiary/aromatic N) is 9. The lowest BCUT2D eigenvalue weighted by atomic mass is 10.1. The molecule has 1 aromatic carbocycles. The minimum absolute atomic E-state index is 0.116. The number of benzene rings is 1. The Morgan fingerprint density at radius 1 is 1.13 bits per heavy atom. The van der Waals surface area contributed by atoms with Gasteiger partial charge in [0.25, 0.3) is 5.88 Å². The first-order valence-electron chi connectivity index (χ1n) is 14.8. The number of piperidine rings is 1. The summed E-state index contributed by atoms with van der Waals surface area (Å²) < 4.78 is 58.7. The molecular weight excluding hydrogens is 645 g/mol.